The summed E-state index contributed by atoms with van der Waals surface area (Å²) in [7, 11) is 0. The zero-order chi connectivity index (χ0) is 9.68. The van der Waals surface area contributed by atoms with Crippen LogP contribution in [0.2, 0.25) is 0 Å². The fourth-order valence-corrected chi connectivity index (χ4v) is 0.786. The predicted molar refractivity (Wildman–Crippen MR) is 46.2 cm³/mol. The highest BCUT2D eigenvalue weighted by Gasteiger charge is 2.07. The number of rotatable bonds is 3. The van der Waals surface area contributed by atoms with Crippen molar-refractivity contribution in [1.29, 1.82) is 0 Å². The monoisotopic (exact) mass is 182 g/mol. The molecule has 0 saturated heterocycles. The molecule has 1 aromatic heterocycles. The molecule has 70 valence electrons. The van der Waals surface area contributed by atoms with E-state index >= 15 is 0 Å². The summed E-state index contributed by atoms with van der Waals surface area (Å²) in [5, 5.41) is 0. The maximum absolute atomic E-state index is 11.2. The molecular weight excluding hydrogens is 172 g/mol. The van der Waals surface area contributed by atoms with Crippen molar-refractivity contribution in [3.05, 3.63) is 34.2 Å². The molecule has 0 fully saturated rings. The van der Waals surface area contributed by atoms with E-state index in [1.165, 1.54) is 18.5 Å². The summed E-state index contributed by atoms with van der Waals surface area (Å²) in [6.45, 7) is 2.09. The van der Waals surface area contributed by atoms with Gasteiger partial charge in [0, 0.05) is 18.5 Å². The zero-order valence-corrected chi connectivity index (χ0v) is 7.16. The van der Waals surface area contributed by atoms with Crippen LogP contribution in [0, 0.1) is 0 Å². The third-order valence-electron chi connectivity index (χ3n) is 1.38. The predicted octanol–water partition coefficient (Wildman–Crippen LogP) is 0.0562. The molecular formula is C8H10N2O3. The van der Waals surface area contributed by atoms with Gasteiger partial charge < -0.3 is 4.98 Å². The van der Waals surface area contributed by atoms with E-state index in [9.17, 15) is 9.59 Å². The molecule has 0 radical (unpaired) electrons. The van der Waals surface area contributed by atoms with E-state index in [0.29, 0.717) is 6.61 Å². The molecule has 2 N–H and O–H groups in total. The molecule has 0 saturated carbocycles. The Balaban J connectivity index is 2.77. The summed E-state index contributed by atoms with van der Waals surface area (Å²) in [5.74, 6) is -0.538. The molecule has 0 bridgehead atoms. The first-order valence-corrected chi connectivity index (χ1v) is 3.85. The lowest BCUT2D eigenvalue weighted by Crippen LogP contribution is -2.28. The number of aromatic nitrogens is 1. The highest BCUT2D eigenvalue weighted by Crippen LogP contribution is 1.87. The van der Waals surface area contributed by atoms with Gasteiger partial charge in [0.15, 0.2) is 5.43 Å². The van der Waals surface area contributed by atoms with Crippen molar-refractivity contribution < 1.29 is 9.63 Å². The van der Waals surface area contributed by atoms with Crippen LogP contribution >= 0.6 is 0 Å². The van der Waals surface area contributed by atoms with Gasteiger partial charge in [-0.15, -0.1) is 0 Å². The molecule has 0 aliphatic heterocycles. The average Bonchev–Trinajstić information content (AvgIpc) is 2.15. The second kappa shape index (κ2) is 4.42. The number of hydroxylamine groups is 1. The first kappa shape index (κ1) is 9.47. The topological polar surface area (TPSA) is 71.2 Å². The van der Waals surface area contributed by atoms with E-state index < -0.39 is 5.91 Å². The lowest BCUT2D eigenvalue weighted by Gasteiger charge is -2.01. The lowest BCUT2D eigenvalue weighted by molar-refractivity contribution is 0.0363. The highest BCUT2D eigenvalue weighted by molar-refractivity contribution is 5.92. The third-order valence-corrected chi connectivity index (χ3v) is 1.38. The summed E-state index contributed by atoms with van der Waals surface area (Å²) in [4.78, 5) is 29.6. The number of pyridine rings is 1. The van der Waals surface area contributed by atoms with Crippen LogP contribution in [-0.2, 0) is 4.84 Å². The van der Waals surface area contributed by atoms with E-state index in [1.54, 1.807) is 6.92 Å². The van der Waals surface area contributed by atoms with Crippen molar-refractivity contribution >= 4 is 5.91 Å². The second-order valence-electron chi connectivity index (χ2n) is 2.29. The van der Waals surface area contributed by atoms with Gasteiger partial charge in [0.25, 0.3) is 5.91 Å². The normalized spacial score (nSPS) is 9.62. The minimum absolute atomic E-state index is 0.0379. The lowest BCUT2D eigenvalue weighted by atomic mass is 10.3. The van der Waals surface area contributed by atoms with Crippen LogP contribution in [0.25, 0.3) is 0 Å². The quantitative estimate of drug-likeness (QED) is 0.649. The molecule has 0 atom stereocenters. The Morgan fingerprint density at radius 3 is 3.08 bits per heavy atom. The molecule has 1 rings (SSSR count). The van der Waals surface area contributed by atoms with Crippen LogP contribution < -0.4 is 10.9 Å². The number of nitrogens with one attached hydrogen (secondary N) is 2. The maximum Gasteiger partial charge on any atom is 0.280 e. The highest BCUT2D eigenvalue weighted by atomic mass is 16.6. The van der Waals surface area contributed by atoms with E-state index in [2.05, 4.69) is 15.3 Å². The summed E-state index contributed by atoms with van der Waals surface area (Å²) in [6, 6.07) is 1.28. The van der Waals surface area contributed by atoms with Gasteiger partial charge in [-0.2, -0.15) is 0 Å². The van der Waals surface area contributed by atoms with Crippen LogP contribution in [-0.4, -0.2) is 17.5 Å². The van der Waals surface area contributed by atoms with Crippen molar-refractivity contribution in [2.75, 3.05) is 6.61 Å². The Bertz CT molecular complexity index is 345. The van der Waals surface area contributed by atoms with E-state index in [0.717, 1.165) is 0 Å². The van der Waals surface area contributed by atoms with Gasteiger partial charge >= 0.3 is 0 Å². The fourth-order valence-electron chi connectivity index (χ4n) is 0.786. The number of hydrogen-bond donors (Lipinski definition) is 2. The maximum atomic E-state index is 11.2. The zero-order valence-electron chi connectivity index (χ0n) is 7.16. The van der Waals surface area contributed by atoms with Crippen LogP contribution in [0.4, 0.5) is 0 Å². The van der Waals surface area contributed by atoms with Crippen molar-refractivity contribution in [3.63, 3.8) is 0 Å². The molecule has 1 heterocycles. The van der Waals surface area contributed by atoms with Crippen molar-refractivity contribution in [2.45, 2.75) is 6.92 Å². The summed E-state index contributed by atoms with van der Waals surface area (Å²) < 4.78 is 0. The summed E-state index contributed by atoms with van der Waals surface area (Å²) in [6.07, 6.45) is 2.79. The Morgan fingerprint density at radius 2 is 2.46 bits per heavy atom. The molecule has 5 heteroatoms. The molecule has 0 aromatic carbocycles. The Hall–Kier alpha value is -1.62. The van der Waals surface area contributed by atoms with Gasteiger partial charge in [-0.3, -0.25) is 14.4 Å². The molecule has 0 aliphatic rings. The first-order chi connectivity index (χ1) is 6.25. The molecule has 5 nitrogen and oxygen atoms in total. The number of aromatic amines is 1. The molecule has 0 unspecified atom stereocenters. The molecule has 1 aromatic rings. The molecule has 1 amide bonds. The largest absolute Gasteiger partial charge is 0.367 e. The Kier molecular flexibility index (Phi) is 3.22. The SMILES string of the molecule is CCONC(=O)c1c[nH]ccc1=O. The van der Waals surface area contributed by atoms with Crippen molar-refractivity contribution in [1.82, 2.24) is 10.5 Å². The number of carbonyl (C=O) groups is 1. The van der Waals surface area contributed by atoms with Crippen LogP contribution in [0.5, 0.6) is 0 Å². The molecule has 0 aliphatic carbocycles. The number of hydrogen-bond acceptors (Lipinski definition) is 3. The van der Waals surface area contributed by atoms with E-state index in [-0.39, 0.29) is 11.0 Å². The van der Waals surface area contributed by atoms with Crippen LogP contribution in [0.3, 0.4) is 0 Å². The van der Waals surface area contributed by atoms with Gasteiger partial charge in [0.1, 0.15) is 5.56 Å². The van der Waals surface area contributed by atoms with Gasteiger partial charge in [0.2, 0.25) is 0 Å². The van der Waals surface area contributed by atoms with E-state index in [1.807, 2.05) is 0 Å². The average molecular weight is 182 g/mol. The Morgan fingerprint density at radius 1 is 1.69 bits per heavy atom. The minimum atomic E-state index is -0.538. The molecule has 0 spiro atoms. The van der Waals surface area contributed by atoms with Gasteiger partial charge in [-0.1, -0.05) is 0 Å². The van der Waals surface area contributed by atoms with Gasteiger partial charge in [-0.05, 0) is 6.92 Å². The number of carbonyl (C=O) groups excluding carboxylic acids is 1. The van der Waals surface area contributed by atoms with Crippen molar-refractivity contribution in [2.24, 2.45) is 0 Å². The number of amides is 1. The number of H-pyrrole nitrogens is 1. The minimum Gasteiger partial charge on any atom is -0.367 e. The third kappa shape index (κ3) is 2.41. The standard InChI is InChI=1S/C8H10N2O3/c1-2-13-10-8(12)6-5-9-4-3-7(6)11/h3-5H,2H2,1H3,(H,9,11)(H,10,12). The Labute approximate surface area is 74.7 Å². The van der Waals surface area contributed by atoms with Gasteiger partial charge in [0.05, 0.1) is 6.61 Å². The molecule has 13 heavy (non-hydrogen) atoms. The fraction of sp³-hybridized carbons (Fsp3) is 0.250. The van der Waals surface area contributed by atoms with Gasteiger partial charge in [-0.25, -0.2) is 5.48 Å². The van der Waals surface area contributed by atoms with Crippen molar-refractivity contribution in [3.8, 4) is 0 Å². The smallest absolute Gasteiger partial charge is 0.280 e. The summed E-state index contributed by atoms with van der Waals surface area (Å²) in [5.41, 5.74) is 1.83. The van der Waals surface area contributed by atoms with E-state index in [4.69, 9.17) is 0 Å². The summed E-state index contributed by atoms with van der Waals surface area (Å²) >= 11 is 0. The van der Waals surface area contributed by atoms with Crippen LogP contribution in [0.1, 0.15) is 17.3 Å². The second-order valence-corrected chi connectivity index (χ2v) is 2.29. The first-order valence-electron chi connectivity index (χ1n) is 3.85. The van der Waals surface area contributed by atoms with Crippen LogP contribution in [0.15, 0.2) is 23.3 Å².